The van der Waals surface area contributed by atoms with E-state index < -0.39 is 10.0 Å². The van der Waals surface area contributed by atoms with Crippen molar-refractivity contribution in [2.45, 2.75) is 13.3 Å². The van der Waals surface area contributed by atoms with Crippen LogP contribution in [0.5, 0.6) is 0 Å². The fourth-order valence-electron chi connectivity index (χ4n) is 2.67. The van der Waals surface area contributed by atoms with Gasteiger partial charge in [-0.2, -0.15) is 0 Å². The zero-order chi connectivity index (χ0) is 17.2. The summed E-state index contributed by atoms with van der Waals surface area (Å²) in [5.74, 6) is 0.165. The summed E-state index contributed by atoms with van der Waals surface area (Å²) in [6.45, 7) is 2.38. The summed E-state index contributed by atoms with van der Waals surface area (Å²) in [7, 11) is -3.23. The quantitative estimate of drug-likeness (QED) is 0.897. The van der Waals surface area contributed by atoms with Gasteiger partial charge in [0, 0.05) is 17.9 Å². The highest BCUT2D eigenvalue weighted by molar-refractivity contribution is 7.93. The fraction of sp³-hybridized carbons (Fsp3) is 0.235. The Morgan fingerprint density at radius 3 is 2.58 bits per heavy atom. The Kier molecular flexibility index (Phi) is 4.44. The van der Waals surface area contributed by atoms with E-state index in [0.29, 0.717) is 24.3 Å². The number of carbonyl (C=O) groups is 1. The van der Waals surface area contributed by atoms with Crippen molar-refractivity contribution in [1.29, 1.82) is 0 Å². The maximum atomic E-state index is 12.1. The summed E-state index contributed by atoms with van der Waals surface area (Å²) in [6, 6.07) is 14.0. The van der Waals surface area contributed by atoms with Crippen LogP contribution in [0.25, 0.3) is 0 Å². The molecule has 1 heterocycles. The van der Waals surface area contributed by atoms with Gasteiger partial charge in [-0.3, -0.25) is 4.31 Å². The maximum absolute atomic E-state index is 12.1. The highest BCUT2D eigenvalue weighted by atomic mass is 32.2. The van der Waals surface area contributed by atoms with Crippen molar-refractivity contribution < 1.29 is 13.2 Å². The number of anilines is 3. The number of aryl methyl sites for hydroxylation is 1. The molecule has 0 atom stereocenters. The van der Waals surface area contributed by atoms with Crippen LogP contribution in [-0.2, 0) is 10.0 Å². The molecule has 0 radical (unpaired) electrons. The van der Waals surface area contributed by atoms with Gasteiger partial charge in [0.1, 0.15) is 0 Å². The first-order valence-electron chi connectivity index (χ1n) is 7.70. The van der Waals surface area contributed by atoms with Gasteiger partial charge >= 0.3 is 6.03 Å². The van der Waals surface area contributed by atoms with Gasteiger partial charge in [-0.15, -0.1) is 0 Å². The SMILES string of the molecule is Cc1ccccc1NC(=O)Nc1cccc(N2CCCS2(=O)=O)c1. The Labute approximate surface area is 141 Å². The topological polar surface area (TPSA) is 78.5 Å². The molecule has 1 fully saturated rings. The van der Waals surface area contributed by atoms with Crippen LogP contribution in [0.2, 0.25) is 0 Å². The third kappa shape index (κ3) is 3.51. The Hall–Kier alpha value is -2.54. The van der Waals surface area contributed by atoms with Gasteiger partial charge in [0.15, 0.2) is 0 Å². The van der Waals surface area contributed by atoms with Crippen molar-refractivity contribution in [3.05, 3.63) is 54.1 Å². The van der Waals surface area contributed by atoms with E-state index in [0.717, 1.165) is 11.3 Å². The van der Waals surface area contributed by atoms with Crippen LogP contribution >= 0.6 is 0 Å². The van der Waals surface area contributed by atoms with E-state index in [1.54, 1.807) is 24.3 Å². The number of urea groups is 1. The predicted octanol–water partition coefficient (Wildman–Crippen LogP) is 3.18. The molecular weight excluding hydrogens is 326 g/mol. The number of nitrogens with zero attached hydrogens (tertiary/aromatic N) is 1. The molecule has 0 bridgehead atoms. The van der Waals surface area contributed by atoms with Crippen LogP contribution < -0.4 is 14.9 Å². The number of nitrogens with one attached hydrogen (secondary N) is 2. The van der Waals surface area contributed by atoms with Gasteiger partial charge in [-0.05, 0) is 43.2 Å². The summed E-state index contributed by atoms with van der Waals surface area (Å²) in [4.78, 5) is 12.1. The average Bonchev–Trinajstić information content (AvgIpc) is 2.89. The molecule has 2 aromatic rings. The summed E-state index contributed by atoms with van der Waals surface area (Å²) < 4.78 is 25.4. The number of hydrogen-bond donors (Lipinski definition) is 2. The Morgan fingerprint density at radius 2 is 1.88 bits per heavy atom. The zero-order valence-electron chi connectivity index (χ0n) is 13.3. The van der Waals surface area contributed by atoms with Crippen LogP contribution in [0.15, 0.2) is 48.5 Å². The van der Waals surface area contributed by atoms with E-state index in [1.165, 1.54) is 4.31 Å². The number of amides is 2. The van der Waals surface area contributed by atoms with Gasteiger partial charge in [0.2, 0.25) is 10.0 Å². The molecular formula is C17H19N3O3S. The molecule has 2 aromatic carbocycles. The van der Waals surface area contributed by atoms with E-state index in [1.807, 2.05) is 31.2 Å². The highest BCUT2D eigenvalue weighted by Crippen LogP contribution is 2.26. The van der Waals surface area contributed by atoms with E-state index in [2.05, 4.69) is 10.6 Å². The van der Waals surface area contributed by atoms with Crippen LogP contribution in [0.4, 0.5) is 21.9 Å². The molecule has 0 aliphatic carbocycles. The average molecular weight is 345 g/mol. The van der Waals surface area contributed by atoms with Gasteiger partial charge in [0.05, 0.1) is 11.4 Å². The van der Waals surface area contributed by atoms with Gasteiger partial charge in [0.25, 0.3) is 0 Å². The molecule has 0 saturated carbocycles. The zero-order valence-corrected chi connectivity index (χ0v) is 14.1. The van der Waals surface area contributed by atoms with E-state index in [9.17, 15) is 13.2 Å². The molecule has 24 heavy (non-hydrogen) atoms. The lowest BCUT2D eigenvalue weighted by molar-refractivity contribution is 0.262. The van der Waals surface area contributed by atoms with E-state index in [4.69, 9.17) is 0 Å². The van der Waals surface area contributed by atoms with Crippen molar-refractivity contribution in [3.8, 4) is 0 Å². The predicted molar refractivity (Wildman–Crippen MR) is 96.0 cm³/mol. The lowest BCUT2D eigenvalue weighted by Crippen LogP contribution is -2.25. The first-order chi connectivity index (χ1) is 11.5. The second-order valence-electron chi connectivity index (χ2n) is 5.69. The molecule has 7 heteroatoms. The van der Waals surface area contributed by atoms with Crippen LogP contribution in [0.3, 0.4) is 0 Å². The molecule has 0 aromatic heterocycles. The monoisotopic (exact) mass is 345 g/mol. The van der Waals surface area contributed by atoms with E-state index in [-0.39, 0.29) is 11.8 Å². The smallest absolute Gasteiger partial charge is 0.308 e. The Morgan fingerprint density at radius 1 is 1.08 bits per heavy atom. The lowest BCUT2D eigenvalue weighted by atomic mass is 10.2. The number of hydrogen-bond acceptors (Lipinski definition) is 3. The third-order valence-electron chi connectivity index (χ3n) is 3.88. The van der Waals surface area contributed by atoms with Crippen LogP contribution in [-0.4, -0.2) is 26.7 Å². The third-order valence-corrected chi connectivity index (χ3v) is 5.75. The number of carbonyl (C=O) groups excluding carboxylic acids is 1. The molecule has 2 amide bonds. The minimum atomic E-state index is -3.23. The molecule has 2 N–H and O–H groups in total. The number of sulfonamides is 1. The summed E-state index contributed by atoms with van der Waals surface area (Å²) in [6.07, 6.45) is 0.619. The van der Waals surface area contributed by atoms with Crippen molar-refractivity contribution >= 4 is 33.1 Å². The molecule has 1 aliphatic heterocycles. The highest BCUT2D eigenvalue weighted by Gasteiger charge is 2.28. The first-order valence-corrected chi connectivity index (χ1v) is 9.31. The van der Waals surface area contributed by atoms with Crippen molar-refractivity contribution in [2.24, 2.45) is 0 Å². The minimum absolute atomic E-state index is 0.165. The molecule has 6 nitrogen and oxygen atoms in total. The second-order valence-corrected chi connectivity index (χ2v) is 7.70. The minimum Gasteiger partial charge on any atom is -0.308 e. The normalized spacial score (nSPS) is 16.0. The van der Waals surface area contributed by atoms with Crippen molar-refractivity contribution in [2.75, 3.05) is 27.2 Å². The number of rotatable bonds is 3. The lowest BCUT2D eigenvalue weighted by Gasteiger charge is -2.18. The Balaban J connectivity index is 1.73. The van der Waals surface area contributed by atoms with Crippen molar-refractivity contribution in [3.63, 3.8) is 0 Å². The fourth-order valence-corrected chi connectivity index (χ4v) is 4.22. The molecule has 0 spiro atoms. The standard InChI is InChI=1S/C17H19N3O3S/c1-13-6-2-3-9-16(13)19-17(21)18-14-7-4-8-15(12-14)20-10-5-11-24(20,22)23/h2-4,6-9,12H,5,10-11H2,1H3,(H2,18,19,21). The largest absolute Gasteiger partial charge is 0.323 e. The van der Waals surface area contributed by atoms with Gasteiger partial charge in [-0.1, -0.05) is 24.3 Å². The molecule has 126 valence electrons. The first kappa shape index (κ1) is 16.3. The summed E-state index contributed by atoms with van der Waals surface area (Å²) in [5, 5.41) is 5.52. The van der Waals surface area contributed by atoms with Gasteiger partial charge in [-0.25, -0.2) is 13.2 Å². The summed E-state index contributed by atoms with van der Waals surface area (Å²) in [5.41, 5.74) is 2.81. The van der Waals surface area contributed by atoms with Crippen LogP contribution in [0.1, 0.15) is 12.0 Å². The van der Waals surface area contributed by atoms with Crippen LogP contribution in [0, 0.1) is 6.92 Å². The molecule has 0 unspecified atom stereocenters. The van der Waals surface area contributed by atoms with E-state index >= 15 is 0 Å². The number of benzene rings is 2. The Bertz CT molecular complexity index is 865. The maximum Gasteiger partial charge on any atom is 0.323 e. The molecule has 1 aliphatic rings. The molecule has 1 saturated heterocycles. The number of para-hydroxylation sites is 1. The summed E-state index contributed by atoms with van der Waals surface area (Å²) >= 11 is 0. The van der Waals surface area contributed by atoms with Crippen molar-refractivity contribution in [1.82, 2.24) is 0 Å². The second kappa shape index (κ2) is 6.52. The molecule has 3 rings (SSSR count). The van der Waals surface area contributed by atoms with Gasteiger partial charge < -0.3 is 10.6 Å².